The predicted molar refractivity (Wildman–Crippen MR) is 70.8 cm³/mol. The second kappa shape index (κ2) is 6.78. The standard InChI is InChI=1S/C10H17N3OS2/c1-7(5-14-3)12-10(15)11-4-9-6-16-8(2)13-9/h6-7H,4-5H2,1-3H3,(H2,11,12,15). The van der Waals surface area contributed by atoms with Gasteiger partial charge in [0.05, 0.1) is 23.9 Å². The summed E-state index contributed by atoms with van der Waals surface area (Å²) in [6.07, 6.45) is 0. The number of thiazole rings is 1. The largest absolute Gasteiger partial charge is 0.383 e. The van der Waals surface area contributed by atoms with Gasteiger partial charge in [0, 0.05) is 18.5 Å². The molecule has 90 valence electrons. The van der Waals surface area contributed by atoms with Gasteiger partial charge < -0.3 is 15.4 Å². The third-order valence-electron chi connectivity index (χ3n) is 1.89. The zero-order valence-electron chi connectivity index (χ0n) is 9.74. The Bertz CT molecular complexity index is 341. The number of rotatable bonds is 5. The van der Waals surface area contributed by atoms with Gasteiger partial charge in [-0.1, -0.05) is 0 Å². The summed E-state index contributed by atoms with van der Waals surface area (Å²) < 4.78 is 5.01. The lowest BCUT2D eigenvalue weighted by Crippen LogP contribution is -2.42. The van der Waals surface area contributed by atoms with E-state index in [1.165, 1.54) is 0 Å². The molecule has 0 saturated heterocycles. The Labute approximate surface area is 105 Å². The van der Waals surface area contributed by atoms with Crippen molar-refractivity contribution in [3.05, 3.63) is 16.1 Å². The number of aryl methyl sites for hydroxylation is 1. The predicted octanol–water partition coefficient (Wildman–Crippen LogP) is 1.45. The fourth-order valence-corrected chi connectivity index (χ4v) is 2.11. The van der Waals surface area contributed by atoms with Gasteiger partial charge in [0.1, 0.15) is 0 Å². The van der Waals surface area contributed by atoms with Crippen molar-refractivity contribution in [1.82, 2.24) is 15.6 Å². The summed E-state index contributed by atoms with van der Waals surface area (Å²) in [6, 6.07) is 0.210. The third kappa shape index (κ3) is 4.87. The normalized spacial score (nSPS) is 12.2. The highest BCUT2D eigenvalue weighted by atomic mass is 32.1. The van der Waals surface area contributed by atoms with Crippen LogP contribution in [-0.2, 0) is 11.3 Å². The average Bonchev–Trinajstić information content (AvgIpc) is 2.61. The molecule has 0 amide bonds. The Morgan fingerprint density at radius 3 is 3.00 bits per heavy atom. The lowest BCUT2D eigenvalue weighted by atomic mass is 10.4. The van der Waals surface area contributed by atoms with Gasteiger partial charge in [0.25, 0.3) is 0 Å². The van der Waals surface area contributed by atoms with E-state index < -0.39 is 0 Å². The molecule has 1 atom stereocenters. The molecule has 2 N–H and O–H groups in total. The Morgan fingerprint density at radius 1 is 1.69 bits per heavy atom. The van der Waals surface area contributed by atoms with Gasteiger partial charge in [0.15, 0.2) is 5.11 Å². The van der Waals surface area contributed by atoms with E-state index in [0.29, 0.717) is 18.3 Å². The van der Waals surface area contributed by atoms with Gasteiger partial charge in [-0.2, -0.15) is 0 Å². The van der Waals surface area contributed by atoms with E-state index in [0.717, 1.165) is 10.7 Å². The Balaban J connectivity index is 2.25. The van der Waals surface area contributed by atoms with E-state index in [-0.39, 0.29) is 6.04 Å². The zero-order chi connectivity index (χ0) is 12.0. The molecule has 4 nitrogen and oxygen atoms in total. The quantitative estimate of drug-likeness (QED) is 0.784. The van der Waals surface area contributed by atoms with Crippen LogP contribution in [0.15, 0.2) is 5.38 Å². The molecule has 1 aromatic rings. The van der Waals surface area contributed by atoms with E-state index in [1.54, 1.807) is 18.4 Å². The molecular formula is C10H17N3OS2. The summed E-state index contributed by atoms with van der Waals surface area (Å²) in [5, 5.41) is 9.98. The van der Waals surface area contributed by atoms with Gasteiger partial charge in [-0.25, -0.2) is 4.98 Å². The molecule has 0 aliphatic carbocycles. The van der Waals surface area contributed by atoms with Crippen LogP contribution in [0.3, 0.4) is 0 Å². The van der Waals surface area contributed by atoms with Crippen molar-refractivity contribution in [2.75, 3.05) is 13.7 Å². The number of ether oxygens (including phenoxy) is 1. The molecule has 1 unspecified atom stereocenters. The molecule has 1 aromatic heterocycles. The van der Waals surface area contributed by atoms with Gasteiger partial charge in [-0.3, -0.25) is 0 Å². The molecule has 0 aliphatic heterocycles. The lowest BCUT2D eigenvalue weighted by molar-refractivity contribution is 0.179. The third-order valence-corrected chi connectivity index (χ3v) is 2.98. The van der Waals surface area contributed by atoms with E-state index in [1.807, 2.05) is 19.2 Å². The second-order valence-electron chi connectivity index (χ2n) is 3.54. The summed E-state index contributed by atoms with van der Waals surface area (Å²) in [5.74, 6) is 0. The van der Waals surface area contributed by atoms with Crippen LogP contribution < -0.4 is 10.6 Å². The van der Waals surface area contributed by atoms with Crippen LogP contribution in [0.2, 0.25) is 0 Å². The maximum Gasteiger partial charge on any atom is 0.166 e. The highest BCUT2D eigenvalue weighted by molar-refractivity contribution is 7.80. The Morgan fingerprint density at radius 2 is 2.44 bits per heavy atom. The maximum absolute atomic E-state index is 5.15. The number of thiocarbonyl (C=S) groups is 1. The highest BCUT2D eigenvalue weighted by Gasteiger charge is 2.04. The summed E-state index contributed by atoms with van der Waals surface area (Å²) >= 11 is 6.79. The van der Waals surface area contributed by atoms with Crippen LogP contribution in [-0.4, -0.2) is 29.9 Å². The molecule has 16 heavy (non-hydrogen) atoms. The molecular weight excluding hydrogens is 242 g/mol. The molecule has 0 aromatic carbocycles. The number of methoxy groups -OCH3 is 1. The van der Waals surface area contributed by atoms with E-state index >= 15 is 0 Å². The molecule has 0 radical (unpaired) electrons. The minimum atomic E-state index is 0.210. The van der Waals surface area contributed by atoms with Crippen LogP contribution in [0.1, 0.15) is 17.6 Å². The first-order valence-electron chi connectivity index (χ1n) is 5.06. The molecule has 0 bridgehead atoms. The first-order valence-corrected chi connectivity index (χ1v) is 6.35. The van der Waals surface area contributed by atoms with Crippen LogP contribution in [0.25, 0.3) is 0 Å². The summed E-state index contributed by atoms with van der Waals surface area (Å²) in [4.78, 5) is 4.34. The van der Waals surface area contributed by atoms with Crippen LogP contribution in [0.5, 0.6) is 0 Å². The fourth-order valence-electron chi connectivity index (χ4n) is 1.23. The minimum absolute atomic E-state index is 0.210. The molecule has 1 heterocycles. The maximum atomic E-state index is 5.15. The summed E-state index contributed by atoms with van der Waals surface area (Å²) in [6.45, 7) is 5.31. The SMILES string of the molecule is COCC(C)NC(=S)NCc1csc(C)n1. The number of hydrogen-bond donors (Lipinski definition) is 2. The second-order valence-corrected chi connectivity index (χ2v) is 5.01. The van der Waals surface area contributed by atoms with Crippen molar-refractivity contribution in [3.8, 4) is 0 Å². The topological polar surface area (TPSA) is 46.2 Å². The van der Waals surface area contributed by atoms with Crippen molar-refractivity contribution >= 4 is 28.7 Å². The van der Waals surface area contributed by atoms with Crippen molar-refractivity contribution in [1.29, 1.82) is 0 Å². The van der Waals surface area contributed by atoms with E-state index in [2.05, 4.69) is 15.6 Å². The zero-order valence-corrected chi connectivity index (χ0v) is 11.4. The summed E-state index contributed by atoms with van der Waals surface area (Å²) in [7, 11) is 1.67. The first-order chi connectivity index (χ1) is 7.61. The van der Waals surface area contributed by atoms with Crippen LogP contribution in [0, 0.1) is 6.92 Å². The molecule has 6 heteroatoms. The van der Waals surface area contributed by atoms with Crippen LogP contribution >= 0.6 is 23.6 Å². The van der Waals surface area contributed by atoms with Crippen molar-refractivity contribution < 1.29 is 4.74 Å². The van der Waals surface area contributed by atoms with Gasteiger partial charge in [-0.15, -0.1) is 11.3 Å². The number of nitrogens with one attached hydrogen (secondary N) is 2. The van der Waals surface area contributed by atoms with Crippen molar-refractivity contribution in [2.24, 2.45) is 0 Å². The molecule has 0 fully saturated rings. The Kier molecular flexibility index (Phi) is 5.65. The fraction of sp³-hybridized carbons (Fsp3) is 0.600. The monoisotopic (exact) mass is 259 g/mol. The smallest absolute Gasteiger partial charge is 0.166 e. The lowest BCUT2D eigenvalue weighted by Gasteiger charge is -2.15. The number of nitrogens with zero attached hydrogens (tertiary/aromatic N) is 1. The van der Waals surface area contributed by atoms with Gasteiger partial charge >= 0.3 is 0 Å². The summed E-state index contributed by atoms with van der Waals surface area (Å²) in [5.41, 5.74) is 1.02. The van der Waals surface area contributed by atoms with E-state index in [4.69, 9.17) is 17.0 Å². The van der Waals surface area contributed by atoms with Gasteiger partial charge in [-0.05, 0) is 26.1 Å². The molecule has 1 rings (SSSR count). The van der Waals surface area contributed by atoms with Crippen LogP contribution in [0.4, 0.5) is 0 Å². The molecule has 0 spiro atoms. The average molecular weight is 259 g/mol. The van der Waals surface area contributed by atoms with Crippen molar-refractivity contribution in [3.63, 3.8) is 0 Å². The highest BCUT2D eigenvalue weighted by Crippen LogP contribution is 2.06. The van der Waals surface area contributed by atoms with E-state index in [9.17, 15) is 0 Å². The molecule has 0 aliphatic rings. The number of aromatic nitrogens is 1. The Hall–Kier alpha value is -0.720. The molecule has 0 saturated carbocycles. The first kappa shape index (κ1) is 13.3. The minimum Gasteiger partial charge on any atom is -0.383 e. The van der Waals surface area contributed by atoms with Gasteiger partial charge in [0.2, 0.25) is 0 Å². The number of hydrogen-bond acceptors (Lipinski definition) is 4. The van der Waals surface area contributed by atoms with Crippen molar-refractivity contribution in [2.45, 2.75) is 26.4 Å².